The van der Waals surface area contributed by atoms with Crippen LogP contribution in [0.3, 0.4) is 0 Å². The minimum Gasteiger partial charge on any atom is -0.481 e. The molecule has 0 aromatic carbocycles. The van der Waals surface area contributed by atoms with Crippen LogP contribution in [0.4, 0.5) is 5.13 Å². The van der Waals surface area contributed by atoms with Crippen molar-refractivity contribution in [2.75, 3.05) is 31.6 Å². The first-order valence-corrected chi connectivity index (χ1v) is 7.84. The highest BCUT2D eigenvalue weighted by Gasteiger charge is 2.32. The Bertz CT molecular complexity index is 479. The third-order valence-corrected chi connectivity index (χ3v) is 4.68. The minimum absolute atomic E-state index is 0.0203. The second-order valence-corrected chi connectivity index (χ2v) is 6.20. The van der Waals surface area contributed by atoms with E-state index in [-0.39, 0.29) is 12.5 Å². The molecule has 1 aromatic heterocycles. The van der Waals surface area contributed by atoms with E-state index in [9.17, 15) is 4.79 Å². The molecular weight excluding hydrogens is 278 g/mol. The van der Waals surface area contributed by atoms with Crippen molar-refractivity contribution in [3.63, 3.8) is 0 Å². The molecule has 0 saturated carbocycles. The molecule has 2 aliphatic rings. The maximum atomic E-state index is 10.6. The summed E-state index contributed by atoms with van der Waals surface area (Å²) in [5, 5.41) is 14.5. The van der Waals surface area contributed by atoms with E-state index >= 15 is 0 Å². The predicted octanol–water partition coefficient (Wildman–Crippen LogP) is 1.05. The van der Waals surface area contributed by atoms with Crippen LogP contribution in [-0.4, -0.2) is 59.3 Å². The van der Waals surface area contributed by atoms with Crippen molar-refractivity contribution >= 4 is 22.4 Å². The lowest BCUT2D eigenvalue weighted by Crippen LogP contribution is -2.48. The number of thiazole rings is 1. The fraction of sp³-hybridized carbons (Fsp3) is 0.692. The van der Waals surface area contributed by atoms with Gasteiger partial charge < -0.3 is 15.2 Å². The van der Waals surface area contributed by atoms with Crippen LogP contribution in [-0.2, 0) is 16.0 Å². The van der Waals surface area contributed by atoms with Crippen LogP contribution in [0.2, 0.25) is 0 Å². The maximum Gasteiger partial charge on any atom is 0.309 e. The minimum atomic E-state index is -0.850. The molecule has 0 bridgehead atoms. The molecule has 3 heterocycles. The average molecular weight is 297 g/mol. The molecule has 1 aromatic rings. The Labute approximate surface area is 121 Å². The largest absolute Gasteiger partial charge is 0.481 e. The highest BCUT2D eigenvalue weighted by atomic mass is 32.1. The summed E-state index contributed by atoms with van der Waals surface area (Å²) >= 11 is 1.44. The molecule has 2 unspecified atom stereocenters. The summed E-state index contributed by atoms with van der Waals surface area (Å²) in [6.07, 6.45) is 2.70. The van der Waals surface area contributed by atoms with Gasteiger partial charge in [-0.1, -0.05) is 0 Å². The van der Waals surface area contributed by atoms with Gasteiger partial charge in [-0.2, -0.15) is 0 Å². The van der Waals surface area contributed by atoms with E-state index < -0.39 is 5.97 Å². The zero-order valence-electron chi connectivity index (χ0n) is 11.2. The fourth-order valence-corrected chi connectivity index (χ4v) is 3.55. The van der Waals surface area contributed by atoms with Crippen molar-refractivity contribution in [1.82, 2.24) is 9.88 Å². The zero-order chi connectivity index (χ0) is 13.9. The fourth-order valence-electron chi connectivity index (χ4n) is 2.83. The molecule has 6 nitrogen and oxygen atoms in total. The van der Waals surface area contributed by atoms with Crippen LogP contribution in [0.25, 0.3) is 0 Å². The van der Waals surface area contributed by atoms with E-state index in [1.807, 2.05) is 0 Å². The lowest BCUT2D eigenvalue weighted by molar-refractivity contribution is -0.136. The zero-order valence-corrected chi connectivity index (χ0v) is 12.1. The first kappa shape index (κ1) is 13.8. The van der Waals surface area contributed by atoms with Crippen molar-refractivity contribution in [2.24, 2.45) is 0 Å². The second-order valence-electron chi connectivity index (χ2n) is 5.34. The van der Waals surface area contributed by atoms with Gasteiger partial charge in [-0.3, -0.25) is 9.69 Å². The summed E-state index contributed by atoms with van der Waals surface area (Å²) in [6.45, 7) is 3.72. The molecule has 2 aliphatic heterocycles. The number of fused-ring (bicyclic) bond motifs is 1. The first-order valence-electron chi connectivity index (χ1n) is 6.96. The van der Waals surface area contributed by atoms with Crippen molar-refractivity contribution in [1.29, 1.82) is 0 Å². The van der Waals surface area contributed by atoms with Gasteiger partial charge in [0.25, 0.3) is 0 Å². The van der Waals surface area contributed by atoms with Gasteiger partial charge >= 0.3 is 5.97 Å². The maximum absolute atomic E-state index is 10.6. The molecular formula is C13H19N3O3S. The Morgan fingerprint density at radius 2 is 2.55 bits per heavy atom. The normalized spacial score (nSPS) is 26.4. The lowest BCUT2D eigenvalue weighted by atomic mass is 10.2. The number of aromatic nitrogens is 1. The summed E-state index contributed by atoms with van der Waals surface area (Å²) in [4.78, 5) is 17.4. The van der Waals surface area contributed by atoms with E-state index in [0.29, 0.717) is 11.7 Å². The smallest absolute Gasteiger partial charge is 0.309 e. The second kappa shape index (κ2) is 6.07. The Kier molecular flexibility index (Phi) is 4.18. The molecule has 3 rings (SSSR count). The molecule has 0 amide bonds. The highest BCUT2D eigenvalue weighted by molar-refractivity contribution is 7.13. The van der Waals surface area contributed by atoms with E-state index in [0.717, 1.165) is 24.8 Å². The Morgan fingerprint density at radius 3 is 3.40 bits per heavy atom. The van der Waals surface area contributed by atoms with Crippen molar-refractivity contribution in [3.05, 3.63) is 11.1 Å². The van der Waals surface area contributed by atoms with E-state index in [1.165, 1.54) is 30.7 Å². The van der Waals surface area contributed by atoms with Crippen LogP contribution >= 0.6 is 11.3 Å². The van der Waals surface area contributed by atoms with E-state index in [2.05, 4.69) is 15.2 Å². The Hall–Kier alpha value is -1.18. The Morgan fingerprint density at radius 1 is 1.65 bits per heavy atom. The van der Waals surface area contributed by atoms with Gasteiger partial charge in [0.1, 0.15) is 0 Å². The number of nitrogens with one attached hydrogen (secondary N) is 1. The number of carbonyl (C=O) groups is 1. The molecule has 110 valence electrons. The summed E-state index contributed by atoms with van der Waals surface area (Å²) in [7, 11) is 0. The molecule has 2 atom stereocenters. The number of anilines is 1. The standard InChI is InChI=1S/C13H19N3O3S/c17-12(18)4-9-8-20-13(15-9)14-5-11-6-16-3-1-2-10(16)7-19-11/h8,10-11H,1-7H2,(H,14,15)(H,17,18). The average Bonchev–Trinajstić information content (AvgIpc) is 3.03. The van der Waals surface area contributed by atoms with Crippen LogP contribution in [0.1, 0.15) is 18.5 Å². The first-order chi connectivity index (χ1) is 9.70. The number of aliphatic carboxylic acids is 1. The number of carboxylic acid groups (broad SMARTS) is 1. The summed E-state index contributed by atoms with van der Waals surface area (Å²) in [5.74, 6) is -0.850. The molecule has 0 aliphatic carbocycles. The van der Waals surface area contributed by atoms with Crippen LogP contribution in [0, 0.1) is 0 Å². The monoisotopic (exact) mass is 297 g/mol. The highest BCUT2D eigenvalue weighted by Crippen LogP contribution is 2.23. The SMILES string of the molecule is O=C(O)Cc1csc(NCC2CN3CCCC3CO2)n1. The number of carboxylic acids is 1. The van der Waals surface area contributed by atoms with Gasteiger partial charge in [-0.15, -0.1) is 11.3 Å². The number of morpholine rings is 1. The van der Waals surface area contributed by atoms with Gasteiger partial charge in [0, 0.05) is 24.5 Å². The summed E-state index contributed by atoms with van der Waals surface area (Å²) in [6, 6.07) is 0.619. The number of nitrogens with zero attached hydrogens (tertiary/aromatic N) is 2. The van der Waals surface area contributed by atoms with Crippen LogP contribution in [0.15, 0.2) is 5.38 Å². The molecule has 2 N–H and O–H groups in total. The Balaban J connectivity index is 1.47. The molecule has 0 radical (unpaired) electrons. The lowest BCUT2D eigenvalue weighted by Gasteiger charge is -2.35. The van der Waals surface area contributed by atoms with Crippen molar-refractivity contribution < 1.29 is 14.6 Å². The predicted molar refractivity (Wildman–Crippen MR) is 76.3 cm³/mol. The van der Waals surface area contributed by atoms with E-state index in [1.54, 1.807) is 5.38 Å². The van der Waals surface area contributed by atoms with Gasteiger partial charge in [0.15, 0.2) is 5.13 Å². The topological polar surface area (TPSA) is 74.7 Å². The van der Waals surface area contributed by atoms with Crippen molar-refractivity contribution in [3.8, 4) is 0 Å². The quantitative estimate of drug-likeness (QED) is 0.846. The molecule has 0 spiro atoms. The van der Waals surface area contributed by atoms with Crippen molar-refractivity contribution in [2.45, 2.75) is 31.4 Å². The summed E-state index contributed by atoms with van der Waals surface area (Å²) < 4.78 is 5.86. The van der Waals surface area contributed by atoms with Gasteiger partial charge in [0.2, 0.25) is 0 Å². The third kappa shape index (κ3) is 3.28. The third-order valence-electron chi connectivity index (χ3n) is 3.83. The molecule has 7 heteroatoms. The molecule has 20 heavy (non-hydrogen) atoms. The van der Waals surface area contributed by atoms with Crippen LogP contribution < -0.4 is 5.32 Å². The summed E-state index contributed by atoms with van der Waals surface area (Å²) in [5.41, 5.74) is 0.606. The van der Waals surface area contributed by atoms with Gasteiger partial charge in [0.05, 0.1) is 24.8 Å². The molecule has 2 saturated heterocycles. The van der Waals surface area contributed by atoms with E-state index in [4.69, 9.17) is 9.84 Å². The number of ether oxygens (including phenoxy) is 1. The van der Waals surface area contributed by atoms with Gasteiger partial charge in [-0.05, 0) is 19.4 Å². The number of rotatable bonds is 5. The van der Waals surface area contributed by atoms with Crippen LogP contribution in [0.5, 0.6) is 0 Å². The number of hydrogen-bond donors (Lipinski definition) is 2. The molecule has 2 fully saturated rings. The van der Waals surface area contributed by atoms with Gasteiger partial charge in [-0.25, -0.2) is 4.98 Å². The number of hydrogen-bond acceptors (Lipinski definition) is 6.